The second-order valence-electron chi connectivity index (χ2n) is 3.91. The normalized spacial score (nSPS) is 10.2. The van der Waals surface area contributed by atoms with Crippen molar-refractivity contribution in [2.24, 2.45) is 5.73 Å². The van der Waals surface area contributed by atoms with Crippen LogP contribution in [0.3, 0.4) is 0 Å². The van der Waals surface area contributed by atoms with E-state index in [1.165, 1.54) is 12.1 Å². The highest BCUT2D eigenvalue weighted by molar-refractivity contribution is 7.80. The number of rotatable bonds is 4. The summed E-state index contributed by atoms with van der Waals surface area (Å²) in [4.78, 5) is 0.147. The molecule has 2 aromatic carbocycles. The van der Waals surface area contributed by atoms with Crippen molar-refractivity contribution in [2.45, 2.75) is 6.61 Å². The molecule has 2 N–H and O–H groups in total. The smallest absolute Gasteiger partial charge is 0.123 e. The van der Waals surface area contributed by atoms with Gasteiger partial charge in [0.2, 0.25) is 0 Å². The summed E-state index contributed by atoms with van der Waals surface area (Å²) in [5, 5.41) is 0.637. The zero-order chi connectivity index (χ0) is 13.8. The molecule has 2 rings (SSSR count). The van der Waals surface area contributed by atoms with Crippen LogP contribution < -0.4 is 10.5 Å². The molecule has 0 saturated carbocycles. The number of benzene rings is 2. The zero-order valence-electron chi connectivity index (χ0n) is 9.90. The van der Waals surface area contributed by atoms with Gasteiger partial charge in [-0.2, -0.15) is 0 Å². The minimum Gasteiger partial charge on any atom is -0.489 e. The van der Waals surface area contributed by atoms with Crippen LogP contribution in [0, 0.1) is 5.82 Å². The van der Waals surface area contributed by atoms with Gasteiger partial charge in [0.1, 0.15) is 23.2 Å². The summed E-state index contributed by atoms with van der Waals surface area (Å²) in [6.45, 7) is 0.259. The van der Waals surface area contributed by atoms with Gasteiger partial charge < -0.3 is 10.5 Å². The highest BCUT2D eigenvalue weighted by atomic mass is 35.5. The number of nitrogens with two attached hydrogens (primary N) is 1. The van der Waals surface area contributed by atoms with E-state index < -0.39 is 0 Å². The van der Waals surface area contributed by atoms with E-state index in [1.807, 2.05) is 0 Å². The van der Waals surface area contributed by atoms with Crippen molar-refractivity contribution >= 4 is 28.8 Å². The first kappa shape index (κ1) is 13.8. The van der Waals surface area contributed by atoms with E-state index >= 15 is 0 Å². The second kappa shape index (κ2) is 5.99. The SMILES string of the molecule is NC(=S)c1cc(F)ccc1COc1ccc(Cl)cc1. The summed E-state index contributed by atoms with van der Waals surface area (Å²) in [5.74, 6) is 0.292. The third-order valence-corrected chi connectivity index (χ3v) is 3.02. The number of halogens is 2. The fraction of sp³-hybridized carbons (Fsp3) is 0.0714. The van der Waals surface area contributed by atoms with Gasteiger partial charge in [-0.1, -0.05) is 29.9 Å². The Morgan fingerprint density at radius 1 is 1.21 bits per heavy atom. The molecule has 0 aliphatic rings. The molecule has 0 bridgehead atoms. The lowest BCUT2D eigenvalue weighted by Crippen LogP contribution is -2.14. The van der Waals surface area contributed by atoms with E-state index in [2.05, 4.69) is 0 Å². The highest BCUT2D eigenvalue weighted by Crippen LogP contribution is 2.18. The molecule has 0 radical (unpaired) electrons. The lowest BCUT2D eigenvalue weighted by Gasteiger charge is -2.10. The average Bonchev–Trinajstić information content (AvgIpc) is 2.39. The lowest BCUT2D eigenvalue weighted by atomic mass is 10.1. The monoisotopic (exact) mass is 295 g/mol. The fourth-order valence-corrected chi connectivity index (χ4v) is 1.91. The minimum atomic E-state index is -0.377. The molecule has 0 saturated heterocycles. The Kier molecular flexibility index (Phi) is 4.35. The van der Waals surface area contributed by atoms with Crippen LogP contribution >= 0.6 is 23.8 Å². The van der Waals surface area contributed by atoms with Crippen molar-refractivity contribution in [3.8, 4) is 5.75 Å². The van der Waals surface area contributed by atoms with Gasteiger partial charge in [-0.25, -0.2) is 4.39 Å². The Morgan fingerprint density at radius 3 is 2.53 bits per heavy atom. The molecule has 0 aromatic heterocycles. The molecule has 0 spiro atoms. The third kappa shape index (κ3) is 3.66. The topological polar surface area (TPSA) is 35.2 Å². The fourth-order valence-electron chi connectivity index (χ4n) is 1.60. The number of hydrogen-bond donors (Lipinski definition) is 1. The van der Waals surface area contributed by atoms with Crippen LogP contribution in [0.15, 0.2) is 42.5 Å². The van der Waals surface area contributed by atoms with Crippen molar-refractivity contribution in [3.05, 3.63) is 64.4 Å². The van der Waals surface area contributed by atoms with Gasteiger partial charge in [0.05, 0.1) is 0 Å². The number of ether oxygens (including phenoxy) is 1. The second-order valence-corrected chi connectivity index (χ2v) is 4.78. The minimum absolute atomic E-state index is 0.147. The van der Waals surface area contributed by atoms with Crippen LogP contribution in [0.1, 0.15) is 11.1 Å². The van der Waals surface area contributed by atoms with Gasteiger partial charge in [0.25, 0.3) is 0 Å². The van der Waals surface area contributed by atoms with Crippen molar-refractivity contribution in [1.82, 2.24) is 0 Å². The molecule has 2 aromatic rings. The molecule has 0 unspecified atom stereocenters. The predicted molar refractivity (Wildman–Crippen MR) is 78.1 cm³/mol. The zero-order valence-corrected chi connectivity index (χ0v) is 11.5. The average molecular weight is 296 g/mol. The van der Waals surface area contributed by atoms with Crippen LogP contribution in [0.5, 0.6) is 5.75 Å². The summed E-state index contributed by atoms with van der Waals surface area (Å²) in [5.41, 5.74) is 6.79. The molecule has 0 fully saturated rings. The Balaban J connectivity index is 2.15. The maximum absolute atomic E-state index is 13.1. The van der Waals surface area contributed by atoms with E-state index in [-0.39, 0.29) is 17.4 Å². The van der Waals surface area contributed by atoms with Crippen LogP contribution in [0.2, 0.25) is 5.02 Å². The van der Waals surface area contributed by atoms with Crippen molar-refractivity contribution < 1.29 is 9.13 Å². The van der Waals surface area contributed by atoms with Crippen molar-refractivity contribution in [1.29, 1.82) is 0 Å². The molecule has 0 aliphatic carbocycles. The first-order valence-corrected chi connectivity index (χ1v) is 6.31. The molecule has 0 amide bonds. The van der Waals surface area contributed by atoms with Gasteiger partial charge in [0.15, 0.2) is 0 Å². The first-order valence-electron chi connectivity index (χ1n) is 5.53. The van der Waals surface area contributed by atoms with Crippen LogP contribution in [-0.2, 0) is 6.61 Å². The molecule has 19 heavy (non-hydrogen) atoms. The van der Waals surface area contributed by atoms with E-state index in [9.17, 15) is 4.39 Å². The molecule has 2 nitrogen and oxygen atoms in total. The maximum atomic E-state index is 13.1. The molecule has 98 valence electrons. The predicted octanol–water partition coefficient (Wildman–Crippen LogP) is 3.69. The quantitative estimate of drug-likeness (QED) is 0.874. The van der Waals surface area contributed by atoms with E-state index in [0.29, 0.717) is 16.3 Å². The molecule has 0 heterocycles. The van der Waals surface area contributed by atoms with Crippen LogP contribution in [-0.4, -0.2) is 4.99 Å². The molecule has 5 heteroatoms. The van der Waals surface area contributed by atoms with E-state index in [1.54, 1.807) is 30.3 Å². The highest BCUT2D eigenvalue weighted by Gasteiger charge is 2.07. The van der Waals surface area contributed by atoms with Gasteiger partial charge in [-0.15, -0.1) is 0 Å². The first-order chi connectivity index (χ1) is 9.06. The molecular weight excluding hydrogens is 285 g/mol. The number of thiocarbonyl (C=S) groups is 1. The summed E-state index contributed by atoms with van der Waals surface area (Å²) in [7, 11) is 0. The summed E-state index contributed by atoms with van der Waals surface area (Å²) in [6, 6.07) is 11.2. The van der Waals surface area contributed by atoms with Gasteiger partial charge >= 0.3 is 0 Å². The standard InChI is InChI=1S/C14H11ClFNOS/c15-10-2-5-12(6-3-10)18-8-9-1-4-11(16)7-13(9)14(17)19/h1-7H,8H2,(H2,17,19). The van der Waals surface area contributed by atoms with Crippen LogP contribution in [0.4, 0.5) is 4.39 Å². The van der Waals surface area contributed by atoms with Gasteiger partial charge in [0, 0.05) is 10.6 Å². The molecule has 0 atom stereocenters. The van der Waals surface area contributed by atoms with Gasteiger partial charge in [-0.05, 0) is 42.0 Å². The largest absolute Gasteiger partial charge is 0.489 e. The molecule has 0 aliphatic heterocycles. The maximum Gasteiger partial charge on any atom is 0.123 e. The van der Waals surface area contributed by atoms with E-state index in [4.69, 9.17) is 34.3 Å². The molecular formula is C14H11ClFNOS. The Bertz CT molecular complexity index is 601. The van der Waals surface area contributed by atoms with Gasteiger partial charge in [-0.3, -0.25) is 0 Å². The lowest BCUT2D eigenvalue weighted by molar-refractivity contribution is 0.306. The van der Waals surface area contributed by atoms with E-state index in [0.717, 1.165) is 5.56 Å². The summed E-state index contributed by atoms with van der Waals surface area (Å²) < 4.78 is 18.7. The number of hydrogen-bond acceptors (Lipinski definition) is 2. The summed E-state index contributed by atoms with van der Waals surface area (Å²) >= 11 is 10.7. The van der Waals surface area contributed by atoms with Crippen LogP contribution in [0.25, 0.3) is 0 Å². The Morgan fingerprint density at radius 2 is 1.89 bits per heavy atom. The van der Waals surface area contributed by atoms with Crippen molar-refractivity contribution in [3.63, 3.8) is 0 Å². The Labute approximate surface area is 120 Å². The Hall–Kier alpha value is -1.65. The third-order valence-electron chi connectivity index (χ3n) is 2.55. The summed E-state index contributed by atoms with van der Waals surface area (Å²) in [6.07, 6.45) is 0. The van der Waals surface area contributed by atoms with Crippen molar-refractivity contribution in [2.75, 3.05) is 0 Å².